The van der Waals surface area contributed by atoms with Crippen molar-refractivity contribution in [1.29, 1.82) is 0 Å². The Bertz CT molecular complexity index is 190. The number of hydrogen-bond acceptors (Lipinski definition) is 3. The smallest absolute Gasteiger partial charge is 0.0701 e. The molecule has 3 heteroatoms. The lowest BCUT2D eigenvalue weighted by Crippen LogP contribution is -2.07. The number of ether oxygens (including phenoxy) is 2. The number of aliphatic hydroxyl groups excluding tert-OH is 1. The molecule has 0 spiro atoms. The summed E-state index contributed by atoms with van der Waals surface area (Å²) in [5, 5.41) is 8.48. The van der Waals surface area contributed by atoms with Gasteiger partial charge in [-0.1, -0.05) is 18.2 Å². The van der Waals surface area contributed by atoms with E-state index in [1.54, 1.807) is 0 Å². The van der Waals surface area contributed by atoms with Gasteiger partial charge in [-0.3, -0.25) is 0 Å². The number of allylic oxidation sites excluding steroid dienone is 3. The molecule has 1 N–H and O–H groups in total. The van der Waals surface area contributed by atoms with Crippen LogP contribution < -0.4 is 0 Å². The fourth-order valence-corrected chi connectivity index (χ4v) is 1.47. The van der Waals surface area contributed by atoms with E-state index in [0.717, 1.165) is 32.3 Å². The Labute approximate surface area is 111 Å². The summed E-state index contributed by atoms with van der Waals surface area (Å²) < 4.78 is 10.5. The SMILES string of the molecule is C=CCCC/C=C/CCCCOCCOCCO. The van der Waals surface area contributed by atoms with Crippen LogP contribution in [-0.4, -0.2) is 38.1 Å². The van der Waals surface area contributed by atoms with Crippen LogP contribution in [-0.2, 0) is 9.47 Å². The van der Waals surface area contributed by atoms with Crippen molar-refractivity contribution in [2.24, 2.45) is 0 Å². The molecule has 106 valence electrons. The predicted molar refractivity (Wildman–Crippen MR) is 75.8 cm³/mol. The van der Waals surface area contributed by atoms with Crippen molar-refractivity contribution in [2.75, 3.05) is 33.0 Å². The van der Waals surface area contributed by atoms with Gasteiger partial charge in [-0.15, -0.1) is 6.58 Å². The summed E-state index contributed by atoms with van der Waals surface area (Å²) in [5.41, 5.74) is 0. The van der Waals surface area contributed by atoms with E-state index in [-0.39, 0.29) is 6.61 Å². The Balaban J connectivity index is 3.00. The molecule has 0 radical (unpaired) electrons. The summed E-state index contributed by atoms with van der Waals surface area (Å²) >= 11 is 0. The van der Waals surface area contributed by atoms with Crippen LogP contribution in [0, 0.1) is 0 Å². The Hall–Kier alpha value is -0.640. The van der Waals surface area contributed by atoms with E-state index in [0.29, 0.717) is 19.8 Å². The Morgan fingerprint density at radius 2 is 1.44 bits per heavy atom. The zero-order valence-electron chi connectivity index (χ0n) is 11.5. The minimum absolute atomic E-state index is 0.0825. The molecule has 0 atom stereocenters. The lowest BCUT2D eigenvalue weighted by atomic mass is 10.2. The van der Waals surface area contributed by atoms with Gasteiger partial charge in [0.15, 0.2) is 0 Å². The van der Waals surface area contributed by atoms with Crippen LogP contribution in [0.3, 0.4) is 0 Å². The first kappa shape index (κ1) is 17.4. The van der Waals surface area contributed by atoms with Gasteiger partial charge in [0.1, 0.15) is 0 Å². The zero-order valence-corrected chi connectivity index (χ0v) is 11.5. The minimum Gasteiger partial charge on any atom is -0.394 e. The molecule has 0 aromatic carbocycles. The van der Waals surface area contributed by atoms with Crippen molar-refractivity contribution in [3.05, 3.63) is 24.8 Å². The molecule has 0 unspecified atom stereocenters. The lowest BCUT2D eigenvalue weighted by molar-refractivity contribution is 0.0322. The molecule has 0 saturated carbocycles. The maximum absolute atomic E-state index is 8.48. The molecule has 0 aromatic rings. The van der Waals surface area contributed by atoms with Crippen molar-refractivity contribution in [3.8, 4) is 0 Å². The van der Waals surface area contributed by atoms with Gasteiger partial charge < -0.3 is 14.6 Å². The number of unbranched alkanes of at least 4 members (excludes halogenated alkanes) is 4. The van der Waals surface area contributed by atoms with E-state index in [2.05, 4.69) is 18.7 Å². The summed E-state index contributed by atoms with van der Waals surface area (Å²) in [4.78, 5) is 0. The predicted octanol–water partition coefficient (Wildman–Crippen LogP) is 3.09. The minimum atomic E-state index is 0.0825. The van der Waals surface area contributed by atoms with Gasteiger partial charge in [-0.2, -0.15) is 0 Å². The van der Waals surface area contributed by atoms with Crippen molar-refractivity contribution >= 4 is 0 Å². The van der Waals surface area contributed by atoms with E-state index in [4.69, 9.17) is 14.6 Å². The largest absolute Gasteiger partial charge is 0.394 e. The van der Waals surface area contributed by atoms with Gasteiger partial charge in [0.2, 0.25) is 0 Å². The standard InChI is InChI=1S/C15H28O3/c1-2-3-4-5-6-7-8-9-10-12-17-14-15-18-13-11-16/h2,6-7,16H,1,3-5,8-15H2/b7-6+. The van der Waals surface area contributed by atoms with Gasteiger partial charge in [-0.25, -0.2) is 0 Å². The first-order valence-corrected chi connectivity index (χ1v) is 6.94. The van der Waals surface area contributed by atoms with Crippen LogP contribution in [0.4, 0.5) is 0 Å². The quantitative estimate of drug-likeness (QED) is 0.383. The topological polar surface area (TPSA) is 38.7 Å². The molecule has 18 heavy (non-hydrogen) atoms. The molecule has 0 aliphatic rings. The Morgan fingerprint density at radius 1 is 0.778 bits per heavy atom. The first-order chi connectivity index (χ1) is 8.91. The lowest BCUT2D eigenvalue weighted by Gasteiger charge is -2.03. The summed E-state index contributed by atoms with van der Waals surface area (Å²) in [6.07, 6.45) is 13.4. The van der Waals surface area contributed by atoms with E-state index in [1.807, 2.05) is 6.08 Å². The molecule has 0 rings (SSSR count). The second-order valence-electron chi connectivity index (χ2n) is 4.14. The van der Waals surface area contributed by atoms with Gasteiger partial charge in [-0.05, 0) is 38.5 Å². The molecule has 3 nitrogen and oxygen atoms in total. The number of rotatable bonds is 14. The average molecular weight is 256 g/mol. The van der Waals surface area contributed by atoms with Crippen LogP contribution in [0.1, 0.15) is 38.5 Å². The molecule has 0 aromatic heterocycles. The highest BCUT2D eigenvalue weighted by atomic mass is 16.5. The summed E-state index contributed by atoms with van der Waals surface area (Å²) in [7, 11) is 0. The highest BCUT2D eigenvalue weighted by molar-refractivity contribution is 4.82. The van der Waals surface area contributed by atoms with Crippen molar-refractivity contribution in [2.45, 2.75) is 38.5 Å². The van der Waals surface area contributed by atoms with E-state index in [9.17, 15) is 0 Å². The van der Waals surface area contributed by atoms with E-state index in [1.165, 1.54) is 12.8 Å². The molecule has 0 aliphatic carbocycles. The van der Waals surface area contributed by atoms with E-state index < -0.39 is 0 Å². The third-order valence-electron chi connectivity index (χ3n) is 2.46. The highest BCUT2D eigenvalue weighted by Crippen LogP contribution is 2.01. The van der Waals surface area contributed by atoms with Crippen LogP contribution in [0.25, 0.3) is 0 Å². The molecule has 0 fully saturated rings. The summed E-state index contributed by atoms with van der Waals surface area (Å²) in [6, 6.07) is 0. The summed E-state index contributed by atoms with van der Waals surface area (Å²) in [6.45, 7) is 6.18. The Kier molecular flexibility index (Phi) is 15.8. The van der Waals surface area contributed by atoms with Crippen LogP contribution >= 0.6 is 0 Å². The highest BCUT2D eigenvalue weighted by Gasteiger charge is 1.90. The summed E-state index contributed by atoms with van der Waals surface area (Å²) in [5.74, 6) is 0. The molecule has 0 heterocycles. The molecule has 0 saturated heterocycles. The zero-order chi connectivity index (χ0) is 13.3. The molecule has 0 bridgehead atoms. The Morgan fingerprint density at radius 3 is 2.11 bits per heavy atom. The maximum atomic E-state index is 8.48. The third kappa shape index (κ3) is 15.4. The third-order valence-corrected chi connectivity index (χ3v) is 2.46. The molecule has 0 amide bonds. The normalized spacial score (nSPS) is 11.2. The van der Waals surface area contributed by atoms with Crippen molar-refractivity contribution in [1.82, 2.24) is 0 Å². The van der Waals surface area contributed by atoms with Gasteiger partial charge >= 0.3 is 0 Å². The van der Waals surface area contributed by atoms with E-state index >= 15 is 0 Å². The first-order valence-electron chi connectivity index (χ1n) is 6.94. The van der Waals surface area contributed by atoms with Crippen molar-refractivity contribution < 1.29 is 14.6 Å². The molecule has 0 aliphatic heterocycles. The monoisotopic (exact) mass is 256 g/mol. The van der Waals surface area contributed by atoms with Crippen LogP contribution in [0.5, 0.6) is 0 Å². The second-order valence-corrected chi connectivity index (χ2v) is 4.14. The van der Waals surface area contributed by atoms with Crippen LogP contribution in [0.15, 0.2) is 24.8 Å². The molecular weight excluding hydrogens is 228 g/mol. The average Bonchev–Trinajstić information content (AvgIpc) is 2.39. The second kappa shape index (κ2) is 16.4. The fraction of sp³-hybridized carbons (Fsp3) is 0.733. The number of hydrogen-bond donors (Lipinski definition) is 1. The van der Waals surface area contributed by atoms with Gasteiger partial charge in [0.05, 0.1) is 26.4 Å². The van der Waals surface area contributed by atoms with Gasteiger partial charge in [0, 0.05) is 6.61 Å². The molecular formula is C15H28O3. The van der Waals surface area contributed by atoms with Crippen molar-refractivity contribution in [3.63, 3.8) is 0 Å². The fourth-order valence-electron chi connectivity index (χ4n) is 1.47. The van der Waals surface area contributed by atoms with Gasteiger partial charge in [0.25, 0.3) is 0 Å². The number of aliphatic hydroxyl groups is 1. The van der Waals surface area contributed by atoms with Crippen LogP contribution in [0.2, 0.25) is 0 Å². The maximum Gasteiger partial charge on any atom is 0.0701 e.